The molecule has 0 aliphatic carbocycles. The van der Waals surface area contributed by atoms with Crippen LogP contribution in [0.25, 0.3) is 0 Å². The van der Waals surface area contributed by atoms with E-state index in [1.807, 2.05) is 37.3 Å². The second-order valence-electron chi connectivity index (χ2n) is 5.98. The molecule has 106 valence electrons. The molecular formula is C16H21N3O. The van der Waals surface area contributed by atoms with E-state index in [0.29, 0.717) is 0 Å². The van der Waals surface area contributed by atoms with Crippen LogP contribution < -0.4 is 5.32 Å². The molecule has 0 aliphatic heterocycles. The number of anilines is 1. The SMILES string of the molecule is C[C@H](C(=O)Nc1ccc(C(C)(C)C)cc1)n1cccn1. The second kappa shape index (κ2) is 5.49. The molecule has 1 aromatic heterocycles. The number of rotatable bonds is 3. The first-order valence-electron chi connectivity index (χ1n) is 6.78. The molecule has 1 heterocycles. The van der Waals surface area contributed by atoms with Crippen molar-refractivity contribution in [2.45, 2.75) is 39.2 Å². The summed E-state index contributed by atoms with van der Waals surface area (Å²) in [5.74, 6) is -0.0720. The maximum Gasteiger partial charge on any atom is 0.248 e. The quantitative estimate of drug-likeness (QED) is 0.930. The minimum Gasteiger partial charge on any atom is -0.324 e. The fourth-order valence-electron chi connectivity index (χ4n) is 1.93. The van der Waals surface area contributed by atoms with Crippen LogP contribution in [0.4, 0.5) is 5.69 Å². The third kappa shape index (κ3) is 3.26. The average Bonchev–Trinajstić information content (AvgIpc) is 2.91. The Morgan fingerprint density at radius 1 is 1.25 bits per heavy atom. The number of aromatic nitrogens is 2. The molecule has 1 amide bonds. The second-order valence-corrected chi connectivity index (χ2v) is 5.98. The standard InChI is InChI=1S/C16H21N3O/c1-12(19-11-5-10-17-19)15(20)18-14-8-6-13(7-9-14)16(2,3)4/h5-12H,1-4H3,(H,18,20)/t12-/m1/s1. The third-order valence-electron chi connectivity index (χ3n) is 3.32. The molecule has 2 rings (SSSR count). The van der Waals surface area contributed by atoms with Crippen LogP contribution in [0.15, 0.2) is 42.7 Å². The number of nitrogens with one attached hydrogen (secondary N) is 1. The summed E-state index contributed by atoms with van der Waals surface area (Å²) in [6, 6.07) is 9.46. The Hall–Kier alpha value is -2.10. The maximum atomic E-state index is 12.1. The van der Waals surface area contributed by atoms with Gasteiger partial charge in [0.1, 0.15) is 6.04 Å². The smallest absolute Gasteiger partial charge is 0.248 e. The predicted molar refractivity (Wildman–Crippen MR) is 80.7 cm³/mol. The molecule has 4 heteroatoms. The van der Waals surface area contributed by atoms with E-state index in [1.165, 1.54) is 5.56 Å². The number of hydrogen-bond acceptors (Lipinski definition) is 2. The highest BCUT2D eigenvalue weighted by Crippen LogP contribution is 2.23. The van der Waals surface area contributed by atoms with Crippen molar-refractivity contribution >= 4 is 11.6 Å². The molecular weight excluding hydrogens is 250 g/mol. The van der Waals surface area contributed by atoms with Crippen molar-refractivity contribution in [3.8, 4) is 0 Å². The van der Waals surface area contributed by atoms with Crippen molar-refractivity contribution in [3.05, 3.63) is 48.3 Å². The molecule has 0 fully saturated rings. The fourth-order valence-corrected chi connectivity index (χ4v) is 1.93. The van der Waals surface area contributed by atoms with E-state index in [0.717, 1.165) is 5.69 Å². The monoisotopic (exact) mass is 271 g/mol. The Kier molecular flexibility index (Phi) is 3.93. The van der Waals surface area contributed by atoms with Crippen molar-refractivity contribution < 1.29 is 4.79 Å². The van der Waals surface area contributed by atoms with Crippen molar-refractivity contribution in [3.63, 3.8) is 0 Å². The molecule has 0 saturated heterocycles. The highest BCUT2D eigenvalue weighted by Gasteiger charge is 2.16. The molecule has 0 spiro atoms. The van der Waals surface area contributed by atoms with Crippen LogP contribution in [0.2, 0.25) is 0 Å². The summed E-state index contributed by atoms with van der Waals surface area (Å²) >= 11 is 0. The van der Waals surface area contributed by atoms with Crippen LogP contribution in [0.3, 0.4) is 0 Å². The van der Waals surface area contributed by atoms with Crippen LogP contribution in [-0.2, 0) is 10.2 Å². The van der Waals surface area contributed by atoms with Gasteiger partial charge in [-0.25, -0.2) is 0 Å². The molecule has 1 atom stereocenters. The minimum absolute atomic E-state index is 0.0720. The van der Waals surface area contributed by atoms with Crippen LogP contribution in [0, 0.1) is 0 Å². The van der Waals surface area contributed by atoms with Gasteiger partial charge in [0.15, 0.2) is 0 Å². The van der Waals surface area contributed by atoms with Gasteiger partial charge in [0.05, 0.1) is 0 Å². The lowest BCUT2D eigenvalue weighted by Crippen LogP contribution is -2.24. The van der Waals surface area contributed by atoms with Gasteiger partial charge in [-0.2, -0.15) is 5.10 Å². The summed E-state index contributed by atoms with van der Waals surface area (Å²) in [6.45, 7) is 8.33. The molecule has 1 N–H and O–H groups in total. The zero-order chi connectivity index (χ0) is 14.8. The largest absolute Gasteiger partial charge is 0.324 e. The third-order valence-corrected chi connectivity index (χ3v) is 3.32. The van der Waals surface area contributed by atoms with E-state index in [9.17, 15) is 4.79 Å². The Bertz CT molecular complexity index is 565. The average molecular weight is 271 g/mol. The number of carbonyl (C=O) groups excluding carboxylic acids is 1. The van der Waals surface area contributed by atoms with Gasteiger partial charge in [0, 0.05) is 18.1 Å². The zero-order valence-electron chi connectivity index (χ0n) is 12.4. The number of amides is 1. The van der Waals surface area contributed by atoms with Gasteiger partial charge in [-0.15, -0.1) is 0 Å². The van der Waals surface area contributed by atoms with Crippen LogP contribution in [0.1, 0.15) is 39.3 Å². The summed E-state index contributed by atoms with van der Waals surface area (Å²) in [5, 5.41) is 6.99. The van der Waals surface area contributed by atoms with Crippen molar-refractivity contribution in [1.29, 1.82) is 0 Å². The first-order valence-corrected chi connectivity index (χ1v) is 6.78. The fraction of sp³-hybridized carbons (Fsp3) is 0.375. The van der Waals surface area contributed by atoms with Crippen LogP contribution >= 0.6 is 0 Å². The van der Waals surface area contributed by atoms with E-state index in [-0.39, 0.29) is 17.4 Å². The molecule has 20 heavy (non-hydrogen) atoms. The number of benzene rings is 1. The lowest BCUT2D eigenvalue weighted by molar-refractivity contribution is -0.119. The summed E-state index contributed by atoms with van der Waals surface area (Å²) in [6.07, 6.45) is 3.45. The number of hydrogen-bond donors (Lipinski definition) is 1. The molecule has 2 aromatic rings. The Balaban J connectivity index is 2.05. The molecule has 4 nitrogen and oxygen atoms in total. The normalized spacial score (nSPS) is 13.0. The lowest BCUT2D eigenvalue weighted by Gasteiger charge is -2.19. The number of carbonyl (C=O) groups is 1. The van der Waals surface area contributed by atoms with Crippen molar-refractivity contribution in [2.24, 2.45) is 0 Å². The van der Waals surface area contributed by atoms with E-state index in [2.05, 4.69) is 31.2 Å². The van der Waals surface area contributed by atoms with Gasteiger partial charge in [0.25, 0.3) is 0 Å². The van der Waals surface area contributed by atoms with Gasteiger partial charge < -0.3 is 5.32 Å². The van der Waals surface area contributed by atoms with E-state index in [4.69, 9.17) is 0 Å². The first kappa shape index (κ1) is 14.3. The zero-order valence-corrected chi connectivity index (χ0v) is 12.4. The Labute approximate surface area is 119 Å². The molecule has 0 aliphatic rings. The Morgan fingerprint density at radius 2 is 1.90 bits per heavy atom. The van der Waals surface area contributed by atoms with Gasteiger partial charge in [-0.3, -0.25) is 9.48 Å². The van der Waals surface area contributed by atoms with E-state index in [1.54, 1.807) is 17.1 Å². The van der Waals surface area contributed by atoms with Gasteiger partial charge >= 0.3 is 0 Å². The molecule has 0 bridgehead atoms. The molecule has 0 unspecified atom stereocenters. The highest BCUT2D eigenvalue weighted by atomic mass is 16.2. The Morgan fingerprint density at radius 3 is 2.40 bits per heavy atom. The van der Waals surface area contributed by atoms with E-state index >= 15 is 0 Å². The highest BCUT2D eigenvalue weighted by molar-refractivity contribution is 5.93. The summed E-state index contributed by atoms with van der Waals surface area (Å²) in [5.41, 5.74) is 2.17. The summed E-state index contributed by atoms with van der Waals surface area (Å²) in [7, 11) is 0. The topological polar surface area (TPSA) is 46.9 Å². The molecule has 0 saturated carbocycles. The van der Waals surface area contributed by atoms with Crippen molar-refractivity contribution in [2.75, 3.05) is 5.32 Å². The maximum absolute atomic E-state index is 12.1. The van der Waals surface area contributed by atoms with Crippen molar-refractivity contribution in [1.82, 2.24) is 9.78 Å². The molecule has 1 aromatic carbocycles. The van der Waals surface area contributed by atoms with Gasteiger partial charge in [-0.1, -0.05) is 32.9 Å². The summed E-state index contributed by atoms with van der Waals surface area (Å²) in [4.78, 5) is 12.1. The van der Waals surface area contributed by atoms with Gasteiger partial charge in [-0.05, 0) is 36.1 Å². The van der Waals surface area contributed by atoms with E-state index < -0.39 is 0 Å². The summed E-state index contributed by atoms with van der Waals surface area (Å²) < 4.78 is 1.64. The van der Waals surface area contributed by atoms with Crippen LogP contribution in [0.5, 0.6) is 0 Å². The number of nitrogens with zero attached hydrogens (tertiary/aromatic N) is 2. The van der Waals surface area contributed by atoms with Crippen LogP contribution in [-0.4, -0.2) is 15.7 Å². The minimum atomic E-state index is -0.327. The predicted octanol–water partition coefficient (Wildman–Crippen LogP) is 3.38. The first-order chi connectivity index (χ1) is 9.38. The molecule has 0 radical (unpaired) electrons. The van der Waals surface area contributed by atoms with Gasteiger partial charge in [0.2, 0.25) is 5.91 Å². The lowest BCUT2D eigenvalue weighted by atomic mass is 9.87.